The Morgan fingerprint density at radius 3 is 2.75 bits per heavy atom. The van der Waals surface area contributed by atoms with Gasteiger partial charge in [-0.05, 0) is 31.2 Å². The number of aryl methyl sites for hydroxylation is 1. The molecule has 0 spiro atoms. The fraction of sp³-hybridized carbons (Fsp3) is 0.400. The molecule has 1 saturated heterocycles. The number of benzene rings is 1. The van der Waals surface area contributed by atoms with Crippen LogP contribution < -0.4 is 10.1 Å². The molecular formula is C15H18N2OS2. The van der Waals surface area contributed by atoms with E-state index in [-0.39, 0.29) is 0 Å². The lowest BCUT2D eigenvalue weighted by Gasteiger charge is -2.20. The molecule has 0 amide bonds. The van der Waals surface area contributed by atoms with Crippen molar-refractivity contribution in [1.82, 2.24) is 10.3 Å². The van der Waals surface area contributed by atoms with E-state index in [1.165, 1.54) is 15.6 Å². The monoisotopic (exact) mass is 306 g/mol. The van der Waals surface area contributed by atoms with E-state index in [1.807, 2.05) is 35.2 Å². The lowest BCUT2D eigenvalue weighted by atomic mass is 10.1. The normalized spacial score (nSPS) is 19.0. The van der Waals surface area contributed by atoms with E-state index in [1.54, 1.807) is 7.11 Å². The molecule has 1 fully saturated rings. The zero-order valence-corrected chi connectivity index (χ0v) is 13.3. The lowest BCUT2D eigenvalue weighted by Crippen LogP contribution is -2.30. The molecule has 5 heteroatoms. The van der Waals surface area contributed by atoms with Crippen LogP contribution in [0.3, 0.4) is 0 Å². The second-order valence-electron chi connectivity index (χ2n) is 4.77. The number of thiazole rings is 1. The number of rotatable bonds is 3. The summed E-state index contributed by atoms with van der Waals surface area (Å²) < 4.78 is 5.21. The summed E-state index contributed by atoms with van der Waals surface area (Å²) in [5.41, 5.74) is 2.26. The van der Waals surface area contributed by atoms with E-state index in [0.717, 1.165) is 29.3 Å². The van der Waals surface area contributed by atoms with Crippen LogP contribution in [0.25, 0.3) is 11.3 Å². The zero-order valence-electron chi connectivity index (χ0n) is 11.7. The van der Waals surface area contributed by atoms with Gasteiger partial charge in [0.25, 0.3) is 0 Å². The van der Waals surface area contributed by atoms with Gasteiger partial charge < -0.3 is 10.1 Å². The van der Waals surface area contributed by atoms with Gasteiger partial charge in [0, 0.05) is 28.5 Å². The highest BCUT2D eigenvalue weighted by Crippen LogP contribution is 2.33. The summed E-state index contributed by atoms with van der Waals surface area (Å²) >= 11 is 3.81. The van der Waals surface area contributed by atoms with Gasteiger partial charge in [-0.15, -0.1) is 11.3 Å². The Morgan fingerprint density at radius 1 is 1.30 bits per heavy atom. The average molecular weight is 306 g/mol. The van der Waals surface area contributed by atoms with Gasteiger partial charge in [-0.25, -0.2) is 4.98 Å². The minimum absolute atomic E-state index is 0.407. The Bertz CT molecular complexity index is 574. The van der Waals surface area contributed by atoms with E-state index in [2.05, 4.69) is 24.4 Å². The Kier molecular flexibility index (Phi) is 4.29. The highest BCUT2D eigenvalue weighted by atomic mass is 32.2. The van der Waals surface area contributed by atoms with E-state index >= 15 is 0 Å². The summed E-state index contributed by atoms with van der Waals surface area (Å²) in [7, 11) is 1.69. The molecule has 1 N–H and O–H groups in total. The predicted molar refractivity (Wildman–Crippen MR) is 86.9 cm³/mol. The third-order valence-electron chi connectivity index (χ3n) is 3.40. The van der Waals surface area contributed by atoms with Crippen LogP contribution in [0.2, 0.25) is 0 Å². The van der Waals surface area contributed by atoms with Gasteiger partial charge in [0.15, 0.2) is 0 Å². The number of aromatic nitrogens is 1. The fourth-order valence-electron chi connectivity index (χ4n) is 2.31. The van der Waals surface area contributed by atoms with Gasteiger partial charge in [-0.2, -0.15) is 11.8 Å². The highest BCUT2D eigenvalue weighted by Gasteiger charge is 2.20. The molecule has 3 rings (SSSR count). The van der Waals surface area contributed by atoms with E-state index < -0.39 is 0 Å². The van der Waals surface area contributed by atoms with E-state index in [9.17, 15) is 0 Å². The van der Waals surface area contributed by atoms with Crippen molar-refractivity contribution in [3.05, 3.63) is 34.2 Å². The van der Waals surface area contributed by atoms with Gasteiger partial charge >= 0.3 is 0 Å². The molecule has 1 atom stereocenters. The molecule has 20 heavy (non-hydrogen) atoms. The average Bonchev–Trinajstić information content (AvgIpc) is 2.90. The quantitative estimate of drug-likeness (QED) is 0.941. The van der Waals surface area contributed by atoms with Crippen molar-refractivity contribution in [2.45, 2.75) is 13.0 Å². The van der Waals surface area contributed by atoms with Gasteiger partial charge in [0.1, 0.15) is 10.8 Å². The van der Waals surface area contributed by atoms with E-state index in [4.69, 9.17) is 9.72 Å². The number of hydrogen-bond donors (Lipinski definition) is 1. The second kappa shape index (κ2) is 6.16. The van der Waals surface area contributed by atoms with Crippen molar-refractivity contribution in [2.75, 3.05) is 25.2 Å². The van der Waals surface area contributed by atoms with Crippen LogP contribution in [0.5, 0.6) is 5.75 Å². The molecule has 1 aromatic heterocycles. The van der Waals surface area contributed by atoms with Crippen molar-refractivity contribution in [2.24, 2.45) is 0 Å². The number of nitrogens with one attached hydrogen (secondary N) is 1. The highest BCUT2D eigenvalue weighted by molar-refractivity contribution is 7.99. The maximum Gasteiger partial charge on any atom is 0.118 e. The van der Waals surface area contributed by atoms with Gasteiger partial charge in [0.2, 0.25) is 0 Å². The Morgan fingerprint density at radius 2 is 2.10 bits per heavy atom. The van der Waals surface area contributed by atoms with Crippen molar-refractivity contribution < 1.29 is 4.74 Å². The Labute approximate surface area is 127 Å². The van der Waals surface area contributed by atoms with Crippen LogP contribution >= 0.6 is 23.1 Å². The minimum Gasteiger partial charge on any atom is -0.497 e. The Balaban J connectivity index is 1.87. The van der Waals surface area contributed by atoms with Gasteiger partial charge in [0.05, 0.1) is 18.8 Å². The zero-order chi connectivity index (χ0) is 13.9. The third-order valence-corrected chi connectivity index (χ3v) is 5.54. The summed E-state index contributed by atoms with van der Waals surface area (Å²) in [4.78, 5) is 6.14. The summed E-state index contributed by atoms with van der Waals surface area (Å²) in [6.07, 6.45) is 0. The largest absolute Gasteiger partial charge is 0.497 e. The van der Waals surface area contributed by atoms with Crippen molar-refractivity contribution in [1.29, 1.82) is 0 Å². The van der Waals surface area contributed by atoms with Crippen LogP contribution in [0, 0.1) is 6.92 Å². The van der Waals surface area contributed by atoms with Crippen LogP contribution in [0.1, 0.15) is 15.9 Å². The van der Waals surface area contributed by atoms with Crippen LogP contribution in [0.15, 0.2) is 24.3 Å². The second-order valence-corrected chi connectivity index (χ2v) is 7.15. The molecule has 2 aromatic rings. The number of thioether (sulfide) groups is 1. The molecule has 1 aliphatic heterocycles. The maximum absolute atomic E-state index is 5.21. The number of nitrogens with zero attached hydrogens (tertiary/aromatic N) is 1. The summed E-state index contributed by atoms with van der Waals surface area (Å²) in [5, 5.41) is 4.76. The number of ether oxygens (including phenoxy) is 1. The van der Waals surface area contributed by atoms with E-state index in [0.29, 0.717) is 6.04 Å². The molecule has 1 unspecified atom stereocenters. The molecule has 0 bridgehead atoms. The SMILES string of the molecule is COc1ccc(-c2nc(C3CSCCN3)sc2C)cc1. The first kappa shape index (κ1) is 13.9. The van der Waals surface area contributed by atoms with Crippen LogP contribution in [-0.2, 0) is 0 Å². The molecule has 0 aliphatic carbocycles. The maximum atomic E-state index is 5.21. The summed E-state index contributed by atoms with van der Waals surface area (Å²) in [5.74, 6) is 3.20. The predicted octanol–water partition coefficient (Wildman–Crippen LogP) is 3.50. The molecule has 0 radical (unpaired) electrons. The molecule has 1 aromatic carbocycles. The van der Waals surface area contributed by atoms with Gasteiger partial charge in [-0.3, -0.25) is 0 Å². The molecule has 0 saturated carbocycles. The third kappa shape index (κ3) is 2.85. The molecule has 1 aliphatic rings. The minimum atomic E-state index is 0.407. The fourth-order valence-corrected chi connectivity index (χ4v) is 4.37. The molecule has 106 valence electrons. The number of hydrogen-bond acceptors (Lipinski definition) is 5. The Hall–Kier alpha value is -1.04. The standard InChI is InChI=1S/C15H18N2OS2/c1-10-14(11-3-5-12(18-2)6-4-11)17-15(20-10)13-9-19-8-7-16-13/h3-6,13,16H,7-9H2,1-2H3. The lowest BCUT2D eigenvalue weighted by molar-refractivity contribution is 0.415. The smallest absolute Gasteiger partial charge is 0.118 e. The van der Waals surface area contributed by atoms with Gasteiger partial charge in [-0.1, -0.05) is 0 Å². The van der Waals surface area contributed by atoms with Crippen molar-refractivity contribution in [3.8, 4) is 17.0 Å². The van der Waals surface area contributed by atoms with Crippen molar-refractivity contribution in [3.63, 3.8) is 0 Å². The number of methoxy groups -OCH3 is 1. The summed E-state index contributed by atoms with van der Waals surface area (Å²) in [6, 6.07) is 8.54. The van der Waals surface area contributed by atoms with Crippen molar-refractivity contribution >= 4 is 23.1 Å². The first-order valence-corrected chi connectivity index (χ1v) is 8.68. The molecule has 2 heterocycles. The topological polar surface area (TPSA) is 34.1 Å². The van der Waals surface area contributed by atoms with Crippen LogP contribution in [-0.4, -0.2) is 30.1 Å². The first-order chi connectivity index (χ1) is 9.78. The molecular weight excluding hydrogens is 288 g/mol. The summed E-state index contributed by atoms with van der Waals surface area (Å²) in [6.45, 7) is 3.22. The first-order valence-electron chi connectivity index (χ1n) is 6.71. The molecule has 3 nitrogen and oxygen atoms in total. The van der Waals surface area contributed by atoms with Crippen LogP contribution in [0.4, 0.5) is 0 Å².